The maximum absolute atomic E-state index is 13.5. The van der Waals surface area contributed by atoms with Crippen LogP contribution >= 0.6 is 0 Å². The highest BCUT2D eigenvalue weighted by Gasteiger charge is 2.37. The van der Waals surface area contributed by atoms with Crippen LogP contribution in [-0.2, 0) is 25.2 Å². The van der Waals surface area contributed by atoms with Gasteiger partial charge in [-0.3, -0.25) is 0 Å². The van der Waals surface area contributed by atoms with Gasteiger partial charge in [-0.05, 0) is 118 Å². The zero-order valence-corrected chi connectivity index (χ0v) is 22.7. The quantitative estimate of drug-likeness (QED) is 0.126. The number of rotatable bonds is 17. The van der Waals surface area contributed by atoms with Crippen LogP contribution < -0.4 is 33.6 Å². The first-order valence-electron chi connectivity index (χ1n) is 13.6. The topological polar surface area (TPSA) is 128 Å². The first-order chi connectivity index (χ1) is 18.8. The van der Waals surface area contributed by atoms with Gasteiger partial charge in [0.05, 0.1) is 11.1 Å². The monoisotopic (exact) mass is 576 g/mol. The molecule has 0 aliphatic rings. The summed E-state index contributed by atoms with van der Waals surface area (Å²) >= 11 is 0. The van der Waals surface area contributed by atoms with Crippen molar-refractivity contribution >= 4 is 0 Å². The van der Waals surface area contributed by atoms with Gasteiger partial charge in [0.1, 0.15) is 0 Å². The molecule has 12 heteroatoms. The van der Waals surface area contributed by atoms with Crippen molar-refractivity contribution in [3.05, 3.63) is 58.7 Å². The van der Waals surface area contributed by atoms with E-state index < -0.39 is 23.5 Å². The molecule has 6 nitrogen and oxygen atoms in total. The van der Waals surface area contributed by atoms with Crippen molar-refractivity contribution in [2.45, 2.75) is 63.0 Å². The minimum atomic E-state index is -4.94. The second kappa shape index (κ2) is 16.3. The molecule has 0 spiro atoms. The van der Waals surface area contributed by atoms with Crippen LogP contribution in [0.5, 0.6) is 0 Å². The molecule has 0 amide bonds. The first-order valence-corrected chi connectivity index (χ1v) is 13.6. The van der Waals surface area contributed by atoms with Gasteiger partial charge in [0, 0.05) is 12.1 Å². The summed E-state index contributed by atoms with van der Waals surface area (Å²) in [6.45, 7) is 4.01. The van der Waals surface area contributed by atoms with Crippen molar-refractivity contribution in [3.8, 4) is 11.1 Å². The Bertz CT molecular complexity index is 955. The maximum Gasteiger partial charge on any atom is 0.416 e. The molecule has 0 heterocycles. The van der Waals surface area contributed by atoms with Crippen molar-refractivity contribution in [2.75, 3.05) is 39.3 Å². The Morgan fingerprint density at radius 1 is 0.575 bits per heavy atom. The number of nitrogens with one attached hydrogen (secondary N) is 2. The highest BCUT2D eigenvalue weighted by molar-refractivity contribution is 5.67. The van der Waals surface area contributed by atoms with E-state index in [4.69, 9.17) is 22.9 Å². The van der Waals surface area contributed by atoms with E-state index in [1.165, 1.54) is 0 Å². The van der Waals surface area contributed by atoms with Crippen LogP contribution in [0.25, 0.3) is 11.1 Å². The predicted octanol–water partition coefficient (Wildman–Crippen LogP) is 3.79. The van der Waals surface area contributed by atoms with Crippen LogP contribution in [0.3, 0.4) is 0 Å². The second-order valence-corrected chi connectivity index (χ2v) is 10.1. The average molecular weight is 577 g/mol. The summed E-state index contributed by atoms with van der Waals surface area (Å²) in [5.74, 6) is 0. The lowest BCUT2D eigenvalue weighted by Gasteiger charge is -2.18. The second-order valence-electron chi connectivity index (χ2n) is 10.1. The summed E-state index contributed by atoms with van der Waals surface area (Å²) in [6, 6.07) is 6.21. The Morgan fingerprint density at radius 3 is 1.35 bits per heavy atom. The first kappa shape index (κ1) is 34.0. The lowest BCUT2D eigenvalue weighted by atomic mass is 9.91. The van der Waals surface area contributed by atoms with Crippen molar-refractivity contribution < 1.29 is 26.3 Å². The number of halogens is 6. The lowest BCUT2D eigenvalue weighted by molar-refractivity contribution is -0.143. The Morgan fingerprint density at radius 2 is 0.975 bits per heavy atom. The Labute approximate surface area is 232 Å². The van der Waals surface area contributed by atoms with E-state index in [9.17, 15) is 26.3 Å². The molecule has 0 saturated carbocycles. The largest absolute Gasteiger partial charge is 0.416 e. The molecule has 40 heavy (non-hydrogen) atoms. The van der Waals surface area contributed by atoms with E-state index in [1.807, 2.05) is 6.07 Å². The molecule has 0 fully saturated rings. The Balaban J connectivity index is 2.36. The third kappa shape index (κ3) is 12.1. The number of benzene rings is 2. The van der Waals surface area contributed by atoms with Gasteiger partial charge in [-0.25, -0.2) is 0 Å². The third-order valence-corrected chi connectivity index (χ3v) is 6.47. The number of alkyl halides is 6. The predicted molar refractivity (Wildman–Crippen MR) is 148 cm³/mol. The van der Waals surface area contributed by atoms with Crippen LogP contribution in [-0.4, -0.2) is 51.4 Å². The van der Waals surface area contributed by atoms with Gasteiger partial charge in [-0.1, -0.05) is 18.2 Å². The van der Waals surface area contributed by atoms with E-state index in [0.717, 1.165) is 49.2 Å². The minimum Gasteiger partial charge on any atom is -0.330 e. The van der Waals surface area contributed by atoms with E-state index >= 15 is 0 Å². The van der Waals surface area contributed by atoms with Gasteiger partial charge in [-0.2, -0.15) is 26.3 Å². The summed E-state index contributed by atoms with van der Waals surface area (Å²) in [4.78, 5) is 0. The highest BCUT2D eigenvalue weighted by atomic mass is 19.4. The van der Waals surface area contributed by atoms with Gasteiger partial charge in [0.15, 0.2) is 0 Å². The molecule has 226 valence electrons. The smallest absolute Gasteiger partial charge is 0.330 e. The van der Waals surface area contributed by atoms with E-state index in [-0.39, 0.29) is 29.3 Å². The number of nitrogens with two attached hydrogens (primary N) is 4. The lowest BCUT2D eigenvalue weighted by Crippen LogP contribution is -2.30. The fourth-order valence-corrected chi connectivity index (χ4v) is 4.38. The average Bonchev–Trinajstić information content (AvgIpc) is 2.87. The molecule has 2 rings (SSSR count). The van der Waals surface area contributed by atoms with Gasteiger partial charge >= 0.3 is 12.4 Å². The molecule has 0 radical (unpaired) electrons. The van der Waals surface area contributed by atoms with Crippen molar-refractivity contribution in [1.29, 1.82) is 0 Å². The molecule has 0 aliphatic heterocycles. The van der Waals surface area contributed by atoms with Crippen molar-refractivity contribution in [3.63, 3.8) is 0 Å². The fourth-order valence-electron chi connectivity index (χ4n) is 4.38. The zero-order valence-electron chi connectivity index (χ0n) is 22.7. The van der Waals surface area contributed by atoms with Gasteiger partial charge in [0.25, 0.3) is 0 Å². The molecule has 2 aromatic carbocycles. The van der Waals surface area contributed by atoms with Crippen LogP contribution in [0.1, 0.15) is 47.9 Å². The summed E-state index contributed by atoms with van der Waals surface area (Å²) < 4.78 is 81.1. The van der Waals surface area contributed by atoms with Gasteiger partial charge in [0.2, 0.25) is 0 Å². The Hall–Kier alpha value is -2.22. The van der Waals surface area contributed by atoms with Crippen LogP contribution in [0, 0.1) is 0 Å². The van der Waals surface area contributed by atoms with E-state index in [1.54, 1.807) is 12.1 Å². The summed E-state index contributed by atoms with van der Waals surface area (Å²) in [6.07, 6.45) is -6.12. The molecule has 0 saturated heterocycles. The molecule has 2 atom stereocenters. The van der Waals surface area contributed by atoms with Crippen molar-refractivity contribution in [1.82, 2.24) is 10.6 Å². The molecule has 2 aromatic rings. The summed E-state index contributed by atoms with van der Waals surface area (Å²) in [7, 11) is 0. The normalized spacial score (nSPS) is 13.9. The van der Waals surface area contributed by atoms with Gasteiger partial charge < -0.3 is 33.6 Å². The molecule has 0 bridgehead atoms. The molecule has 0 aliphatic carbocycles. The van der Waals surface area contributed by atoms with Gasteiger partial charge in [-0.15, -0.1) is 0 Å². The van der Waals surface area contributed by atoms with Crippen LogP contribution in [0.2, 0.25) is 0 Å². The molecule has 2 unspecified atom stereocenters. The minimum absolute atomic E-state index is 0.134. The van der Waals surface area contributed by atoms with Crippen LogP contribution in [0.4, 0.5) is 26.3 Å². The standard InChI is InChI=1S/C28H42F6N6/c29-27(30,31)23-16-22(17-24(18-23)28(32,33)34)21-12-19(14-25(37)3-9-39-7-1-5-35)11-20(13-21)15-26(38)4-10-40-8-2-6-36/h11-13,16-18,25-26,39-40H,1-10,14-15,35-38H2. The molecule has 10 N–H and O–H groups in total. The third-order valence-electron chi connectivity index (χ3n) is 6.47. The molecular weight excluding hydrogens is 534 g/mol. The summed E-state index contributed by atoms with van der Waals surface area (Å²) in [5.41, 5.74) is 22.4. The molecular formula is C28H42F6N6. The van der Waals surface area contributed by atoms with Crippen molar-refractivity contribution in [2.24, 2.45) is 22.9 Å². The number of hydrogen-bond donors (Lipinski definition) is 6. The highest BCUT2D eigenvalue weighted by Crippen LogP contribution is 2.39. The van der Waals surface area contributed by atoms with E-state index in [2.05, 4.69) is 10.6 Å². The van der Waals surface area contributed by atoms with E-state index in [0.29, 0.717) is 51.9 Å². The summed E-state index contributed by atoms with van der Waals surface area (Å²) in [5, 5.41) is 6.50. The zero-order chi connectivity index (χ0) is 29.8. The SMILES string of the molecule is NCCCNCCC(N)Cc1cc(CC(N)CCNCCCN)cc(-c2cc(C(F)(F)F)cc(C(F)(F)F)c2)c1. The number of hydrogen-bond acceptors (Lipinski definition) is 6. The van der Waals surface area contributed by atoms with Crippen LogP contribution in [0.15, 0.2) is 36.4 Å². The molecule has 0 aromatic heterocycles. The fraction of sp³-hybridized carbons (Fsp3) is 0.571. The maximum atomic E-state index is 13.5. The Kier molecular flexibility index (Phi) is 13.8.